The van der Waals surface area contributed by atoms with E-state index >= 15 is 0 Å². The van der Waals surface area contributed by atoms with Crippen molar-refractivity contribution < 1.29 is 9.13 Å². The highest BCUT2D eigenvalue weighted by Crippen LogP contribution is 2.28. The van der Waals surface area contributed by atoms with Crippen LogP contribution >= 0.6 is 0 Å². The number of nitrogens with zero attached hydrogens (tertiary/aromatic N) is 1. The van der Waals surface area contributed by atoms with Gasteiger partial charge in [0.05, 0.1) is 6.61 Å². The van der Waals surface area contributed by atoms with Crippen molar-refractivity contribution in [3.05, 3.63) is 35.6 Å². The molecule has 0 aliphatic heterocycles. The van der Waals surface area contributed by atoms with Crippen LogP contribution in [0, 0.1) is 5.82 Å². The number of nitrogens with one attached hydrogen (secondary N) is 1. The van der Waals surface area contributed by atoms with Crippen molar-refractivity contribution >= 4 is 0 Å². The second-order valence-corrected chi connectivity index (χ2v) is 5.44. The Balaban J connectivity index is 1.88. The molecule has 1 N–H and O–H groups in total. The minimum absolute atomic E-state index is 0.166. The molecule has 0 bridgehead atoms. The molecule has 0 saturated heterocycles. The molecule has 112 valence electrons. The van der Waals surface area contributed by atoms with Crippen LogP contribution in [0.15, 0.2) is 24.3 Å². The lowest BCUT2D eigenvalue weighted by Gasteiger charge is -2.25. The molecular formula is C16H25FN2O. The monoisotopic (exact) mass is 280 g/mol. The van der Waals surface area contributed by atoms with Gasteiger partial charge in [-0.2, -0.15) is 0 Å². The molecule has 0 amide bonds. The second kappa shape index (κ2) is 7.72. The van der Waals surface area contributed by atoms with E-state index in [1.807, 2.05) is 13.1 Å². The maximum atomic E-state index is 13.3. The summed E-state index contributed by atoms with van der Waals surface area (Å²) in [4.78, 5) is 2.49. The van der Waals surface area contributed by atoms with E-state index in [0.29, 0.717) is 0 Å². The third kappa shape index (κ3) is 4.54. The molecule has 0 aromatic heterocycles. The molecule has 1 saturated carbocycles. The number of hydrogen-bond donors (Lipinski definition) is 1. The first-order chi connectivity index (χ1) is 9.74. The van der Waals surface area contributed by atoms with E-state index < -0.39 is 0 Å². The summed E-state index contributed by atoms with van der Waals surface area (Å²) >= 11 is 0. The molecule has 1 unspecified atom stereocenters. The number of hydrogen-bond acceptors (Lipinski definition) is 3. The van der Waals surface area contributed by atoms with Crippen LogP contribution in [0.2, 0.25) is 0 Å². The largest absolute Gasteiger partial charge is 0.383 e. The van der Waals surface area contributed by atoms with Gasteiger partial charge in [0, 0.05) is 32.3 Å². The zero-order chi connectivity index (χ0) is 14.4. The average Bonchev–Trinajstić information content (AvgIpc) is 3.27. The van der Waals surface area contributed by atoms with Crippen molar-refractivity contribution in [3.8, 4) is 0 Å². The SMILES string of the molecule is CNC(CCN(CCOC)C1CC1)c1cccc(F)c1. The van der Waals surface area contributed by atoms with Crippen LogP contribution in [0.4, 0.5) is 4.39 Å². The topological polar surface area (TPSA) is 24.5 Å². The Kier molecular flexibility index (Phi) is 5.95. The second-order valence-electron chi connectivity index (χ2n) is 5.44. The highest BCUT2D eigenvalue weighted by molar-refractivity contribution is 5.20. The molecule has 1 aromatic carbocycles. The van der Waals surface area contributed by atoms with Gasteiger partial charge < -0.3 is 10.1 Å². The lowest BCUT2D eigenvalue weighted by atomic mass is 10.0. The normalized spacial score (nSPS) is 16.6. The van der Waals surface area contributed by atoms with E-state index in [2.05, 4.69) is 10.2 Å². The number of methoxy groups -OCH3 is 1. The van der Waals surface area contributed by atoms with Gasteiger partial charge in [0.2, 0.25) is 0 Å². The molecule has 2 rings (SSSR count). The molecule has 0 radical (unpaired) electrons. The van der Waals surface area contributed by atoms with E-state index in [1.54, 1.807) is 19.2 Å². The molecular weight excluding hydrogens is 255 g/mol. The molecule has 0 spiro atoms. The minimum atomic E-state index is -0.166. The van der Waals surface area contributed by atoms with Gasteiger partial charge in [-0.25, -0.2) is 4.39 Å². The van der Waals surface area contributed by atoms with Crippen molar-refractivity contribution in [2.75, 3.05) is 33.9 Å². The predicted octanol–water partition coefficient (Wildman–Crippen LogP) is 2.59. The zero-order valence-corrected chi connectivity index (χ0v) is 12.4. The average molecular weight is 280 g/mol. The van der Waals surface area contributed by atoms with Gasteiger partial charge in [-0.1, -0.05) is 12.1 Å². The maximum absolute atomic E-state index is 13.3. The van der Waals surface area contributed by atoms with Gasteiger partial charge in [0.15, 0.2) is 0 Å². The van der Waals surface area contributed by atoms with E-state index in [-0.39, 0.29) is 11.9 Å². The quantitative estimate of drug-likeness (QED) is 0.752. The van der Waals surface area contributed by atoms with E-state index in [1.165, 1.54) is 18.9 Å². The van der Waals surface area contributed by atoms with Gasteiger partial charge >= 0.3 is 0 Å². The number of halogens is 1. The lowest BCUT2D eigenvalue weighted by Crippen LogP contribution is -2.33. The predicted molar refractivity (Wildman–Crippen MR) is 79.3 cm³/mol. The van der Waals surface area contributed by atoms with Crippen molar-refractivity contribution in [3.63, 3.8) is 0 Å². The highest BCUT2D eigenvalue weighted by Gasteiger charge is 2.28. The van der Waals surface area contributed by atoms with Gasteiger partial charge in [-0.3, -0.25) is 4.90 Å². The first-order valence-electron chi connectivity index (χ1n) is 7.40. The number of rotatable bonds is 9. The summed E-state index contributed by atoms with van der Waals surface area (Å²) in [5.41, 5.74) is 1.02. The molecule has 1 aliphatic rings. The van der Waals surface area contributed by atoms with E-state index in [0.717, 1.165) is 37.7 Å². The van der Waals surface area contributed by atoms with Crippen LogP contribution < -0.4 is 5.32 Å². The van der Waals surface area contributed by atoms with Gasteiger partial charge in [-0.05, 0) is 44.0 Å². The van der Waals surface area contributed by atoms with Crippen LogP contribution in [0.25, 0.3) is 0 Å². The molecule has 1 aromatic rings. The summed E-state index contributed by atoms with van der Waals surface area (Å²) in [6.07, 6.45) is 3.59. The third-order valence-electron chi connectivity index (χ3n) is 3.95. The molecule has 4 heteroatoms. The van der Waals surface area contributed by atoms with Crippen LogP contribution in [0.3, 0.4) is 0 Å². The minimum Gasteiger partial charge on any atom is -0.383 e. The highest BCUT2D eigenvalue weighted by atomic mass is 19.1. The van der Waals surface area contributed by atoms with Crippen molar-refractivity contribution in [2.45, 2.75) is 31.3 Å². The number of benzene rings is 1. The number of ether oxygens (including phenoxy) is 1. The summed E-state index contributed by atoms with van der Waals surface area (Å²) in [5, 5.41) is 3.29. The third-order valence-corrected chi connectivity index (χ3v) is 3.95. The molecule has 1 aliphatic carbocycles. The Bertz CT molecular complexity index is 409. The van der Waals surface area contributed by atoms with Gasteiger partial charge in [-0.15, -0.1) is 0 Å². The fourth-order valence-corrected chi connectivity index (χ4v) is 2.62. The van der Waals surface area contributed by atoms with Crippen LogP contribution in [-0.2, 0) is 4.74 Å². The fourth-order valence-electron chi connectivity index (χ4n) is 2.62. The summed E-state index contributed by atoms with van der Waals surface area (Å²) < 4.78 is 18.5. The molecule has 20 heavy (non-hydrogen) atoms. The van der Waals surface area contributed by atoms with Crippen molar-refractivity contribution in [1.82, 2.24) is 10.2 Å². The lowest BCUT2D eigenvalue weighted by molar-refractivity contribution is 0.140. The smallest absolute Gasteiger partial charge is 0.123 e. The van der Waals surface area contributed by atoms with E-state index in [9.17, 15) is 4.39 Å². The van der Waals surface area contributed by atoms with Gasteiger partial charge in [0.25, 0.3) is 0 Å². The summed E-state index contributed by atoms with van der Waals surface area (Å²) in [6.45, 7) is 2.79. The maximum Gasteiger partial charge on any atom is 0.123 e. The Labute approximate surface area is 121 Å². The Morgan fingerprint density at radius 1 is 1.40 bits per heavy atom. The van der Waals surface area contributed by atoms with Crippen molar-refractivity contribution in [2.24, 2.45) is 0 Å². The molecule has 1 atom stereocenters. The molecule has 3 nitrogen and oxygen atoms in total. The van der Waals surface area contributed by atoms with Crippen LogP contribution in [0.1, 0.15) is 30.9 Å². The zero-order valence-electron chi connectivity index (χ0n) is 12.4. The van der Waals surface area contributed by atoms with Crippen LogP contribution in [0.5, 0.6) is 0 Å². The summed E-state index contributed by atoms with van der Waals surface area (Å²) in [7, 11) is 3.68. The molecule has 0 heterocycles. The standard InChI is InChI=1S/C16H25FN2O/c1-18-16(13-4-3-5-14(17)12-13)8-9-19(10-11-20-2)15-6-7-15/h3-5,12,15-16,18H,6-11H2,1-2H3. The van der Waals surface area contributed by atoms with Crippen LogP contribution in [-0.4, -0.2) is 44.8 Å². The summed E-state index contributed by atoms with van der Waals surface area (Å²) in [5.74, 6) is -0.166. The first kappa shape index (κ1) is 15.4. The Morgan fingerprint density at radius 3 is 2.80 bits per heavy atom. The molecule has 1 fully saturated rings. The fraction of sp³-hybridized carbons (Fsp3) is 0.625. The Morgan fingerprint density at radius 2 is 2.20 bits per heavy atom. The summed E-state index contributed by atoms with van der Waals surface area (Å²) in [6, 6.07) is 7.81. The van der Waals surface area contributed by atoms with E-state index in [4.69, 9.17) is 4.74 Å². The Hall–Kier alpha value is -0.970. The first-order valence-corrected chi connectivity index (χ1v) is 7.40. The van der Waals surface area contributed by atoms with Crippen molar-refractivity contribution in [1.29, 1.82) is 0 Å². The van der Waals surface area contributed by atoms with Gasteiger partial charge in [0.1, 0.15) is 5.82 Å².